The molecule has 22 heavy (non-hydrogen) atoms. The highest BCUT2D eigenvalue weighted by Gasteiger charge is 1.94. The van der Waals surface area contributed by atoms with Gasteiger partial charge in [-0.2, -0.15) is 0 Å². The lowest BCUT2D eigenvalue weighted by Crippen LogP contribution is -2.15. The molecular weight excluding hydrogens is 304 g/mol. The topological polar surface area (TPSA) is 180 Å². The molecule has 0 radical (unpaired) electrons. The summed E-state index contributed by atoms with van der Waals surface area (Å²) in [6, 6.07) is 0. The largest absolute Gasteiger partial charge is 0.394 e. The normalized spacial score (nSPS) is 10.1. The van der Waals surface area contributed by atoms with E-state index in [1.54, 1.807) is 0 Å². The minimum absolute atomic E-state index is 0.0417. The molecule has 0 aromatic rings. The monoisotopic (exact) mass is 334 g/mol. The molecule has 10 nitrogen and oxygen atoms in total. The summed E-state index contributed by atoms with van der Waals surface area (Å²) in [5.74, 6) is 0. The van der Waals surface area contributed by atoms with Gasteiger partial charge in [-0.15, -0.1) is 0 Å². The molecule has 0 aliphatic carbocycles. The van der Waals surface area contributed by atoms with Crippen LogP contribution in [0.5, 0.6) is 0 Å². The van der Waals surface area contributed by atoms with Crippen molar-refractivity contribution in [3.63, 3.8) is 0 Å². The fraction of sp³-hybridized carbons (Fsp3) is 1.00. The Hall–Kier alpha value is -0.400. The maximum atomic E-state index is 8.26. The molecule has 10 heteroatoms. The number of aliphatic hydroxyl groups is 8. The van der Waals surface area contributed by atoms with Gasteiger partial charge in [-0.1, -0.05) is 0 Å². The summed E-state index contributed by atoms with van der Waals surface area (Å²) in [6.45, 7) is 0.270. The molecule has 0 aromatic carbocycles. The van der Waals surface area contributed by atoms with Crippen molar-refractivity contribution in [3.8, 4) is 0 Å². The predicted octanol–water partition coefficient (Wildman–Crippen LogP) is -4.33. The summed E-state index contributed by atoms with van der Waals surface area (Å²) in [7, 11) is 0. The van der Waals surface area contributed by atoms with E-state index in [-0.39, 0.29) is 39.6 Å². The second-order valence-electron chi connectivity index (χ2n) is 3.71. The molecule has 0 atom stereocenters. The van der Waals surface area contributed by atoms with Gasteiger partial charge in [0.15, 0.2) is 0 Å². The summed E-state index contributed by atoms with van der Waals surface area (Å²) >= 11 is 0. The number of ether oxygens (including phenoxy) is 2. The first kappa shape index (κ1) is 26.5. The average molecular weight is 334 g/mol. The van der Waals surface area contributed by atoms with Crippen molar-refractivity contribution in [3.05, 3.63) is 0 Å². The van der Waals surface area contributed by atoms with Crippen molar-refractivity contribution in [2.45, 2.75) is 12.2 Å². The molecule has 0 spiro atoms. The second kappa shape index (κ2) is 25.5. The van der Waals surface area contributed by atoms with Crippen LogP contribution in [0.3, 0.4) is 0 Å². The van der Waals surface area contributed by atoms with Crippen LogP contribution in [0.25, 0.3) is 0 Å². The standard InChI is InChI=1S/C6H14O4.2C3H8O3/c7-1-3-9-5-6-10-4-2-8;2*4-1-3(6)2-5/h7-8H,1-6H2;2*3-6H,1-2H2. The quantitative estimate of drug-likeness (QED) is 0.172. The number of rotatable bonds is 11. The van der Waals surface area contributed by atoms with Crippen LogP contribution in [-0.4, -0.2) is 119 Å². The molecule has 0 amide bonds. The summed E-state index contributed by atoms with van der Waals surface area (Å²) < 4.78 is 9.75. The highest BCUT2D eigenvalue weighted by atomic mass is 16.5. The van der Waals surface area contributed by atoms with Crippen LogP contribution in [0.15, 0.2) is 0 Å². The summed E-state index contributed by atoms with van der Waals surface area (Å²) in [5.41, 5.74) is 0. The molecule has 0 aromatic heterocycles. The maximum Gasteiger partial charge on any atom is 0.100 e. The van der Waals surface area contributed by atoms with Crippen molar-refractivity contribution in [1.82, 2.24) is 0 Å². The lowest BCUT2D eigenvalue weighted by molar-refractivity contribution is 0.0222. The van der Waals surface area contributed by atoms with Gasteiger partial charge < -0.3 is 50.3 Å². The van der Waals surface area contributed by atoms with E-state index in [0.717, 1.165) is 0 Å². The van der Waals surface area contributed by atoms with E-state index in [9.17, 15) is 0 Å². The molecule has 0 heterocycles. The van der Waals surface area contributed by atoms with Crippen molar-refractivity contribution in [1.29, 1.82) is 0 Å². The third kappa shape index (κ3) is 31.8. The highest BCUT2D eigenvalue weighted by molar-refractivity contribution is 4.44. The Morgan fingerprint density at radius 1 is 0.500 bits per heavy atom. The van der Waals surface area contributed by atoms with Crippen molar-refractivity contribution >= 4 is 0 Å². The van der Waals surface area contributed by atoms with Crippen LogP contribution in [0.1, 0.15) is 0 Å². The van der Waals surface area contributed by atoms with Gasteiger partial charge >= 0.3 is 0 Å². The fourth-order valence-corrected chi connectivity index (χ4v) is 0.567. The number of hydrogen-bond donors (Lipinski definition) is 8. The zero-order chi connectivity index (χ0) is 17.6. The van der Waals surface area contributed by atoms with Crippen LogP contribution in [0.4, 0.5) is 0 Å². The van der Waals surface area contributed by atoms with Gasteiger partial charge in [0.25, 0.3) is 0 Å². The Morgan fingerprint density at radius 3 is 0.909 bits per heavy atom. The third-order valence-electron chi connectivity index (χ3n) is 1.69. The molecule has 0 aliphatic heterocycles. The van der Waals surface area contributed by atoms with Crippen molar-refractivity contribution in [2.75, 3.05) is 66.1 Å². The maximum absolute atomic E-state index is 8.26. The predicted molar refractivity (Wildman–Crippen MR) is 76.2 cm³/mol. The molecule has 0 unspecified atom stereocenters. The third-order valence-corrected chi connectivity index (χ3v) is 1.69. The fourth-order valence-electron chi connectivity index (χ4n) is 0.567. The SMILES string of the molecule is OCC(O)CO.OCC(O)CO.OCCOCCOCCO. The molecular formula is C12H30O10. The van der Waals surface area contributed by atoms with Crippen molar-refractivity contribution in [2.24, 2.45) is 0 Å². The van der Waals surface area contributed by atoms with Gasteiger partial charge in [0.2, 0.25) is 0 Å². The summed E-state index contributed by atoms with van der Waals surface area (Å²) in [6.07, 6.45) is -1.91. The molecule has 8 N–H and O–H groups in total. The first-order valence-corrected chi connectivity index (χ1v) is 6.70. The van der Waals surface area contributed by atoms with Crippen LogP contribution in [-0.2, 0) is 9.47 Å². The lowest BCUT2D eigenvalue weighted by atomic mass is 10.4. The minimum atomic E-state index is -0.954. The molecule has 0 fully saturated rings. The average Bonchev–Trinajstić information content (AvgIpc) is 2.57. The lowest BCUT2D eigenvalue weighted by Gasteiger charge is -2.01. The van der Waals surface area contributed by atoms with Crippen LogP contribution in [0, 0.1) is 0 Å². The highest BCUT2D eigenvalue weighted by Crippen LogP contribution is 1.76. The van der Waals surface area contributed by atoms with Crippen LogP contribution < -0.4 is 0 Å². The molecule has 0 rings (SSSR count). The van der Waals surface area contributed by atoms with E-state index in [1.807, 2.05) is 0 Å². The van der Waals surface area contributed by atoms with E-state index >= 15 is 0 Å². The van der Waals surface area contributed by atoms with Gasteiger partial charge in [0.1, 0.15) is 12.2 Å². The molecule has 0 saturated heterocycles. The van der Waals surface area contributed by atoms with Crippen molar-refractivity contribution < 1.29 is 50.3 Å². The molecule has 0 aliphatic rings. The Labute approximate surface area is 129 Å². The Balaban J connectivity index is -0.000000261. The van der Waals surface area contributed by atoms with Gasteiger partial charge in [-0.25, -0.2) is 0 Å². The van der Waals surface area contributed by atoms with E-state index < -0.39 is 12.2 Å². The summed E-state index contributed by atoms with van der Waals surface area (Å²) in [4.78, 5) is 0. The van der Waals surface area contributed by atoms with Gasteiger partial charge in [0, 0.05) is 0 Å². The van der Waals surface area contributed by atoms with Gasteiger partial charge in [0.05, 0.1) is 66.1 Å². The second-order valence-corrected chi connectivity index (χ2v) is 3.71. The van der Waals surface area contributed by atoms with Crippen LogP contribution in [0.2, 0.25) is 0 Å². The van der Waals surface area contributed by atoms with Crippen LogP contribution >= 0.6 is 0 Å². The Kier molecular flexibility index (Phi) is 30.8. The molecule has 138 valence electrons. The zero-order valence-electron chi connectivity index (χ0n) is 12.6. The van der Waals surface area contributed by atoms with E-state index in [1.165, 1.54) is 0 Å². The van der Waals surface area contributed by atoms with Gasteiger partial charge in [-0.3, -0.25) is 0 Å². The summed E-state index contributed by atoms with van der Waals surface area (Å²) in [5, 5.41) is 64.6. The number of aliphatic hydroxyl groups excluding tert-OH is 8. The Bertz CT molecular complexity index is 146. The first-order valence-electron chi connectivity index (χ1n) is 6.70. The first-order chi connectivity index (χ1) is 10.5. The smallest absolute Gasteiger partial charge is 0.100 e. The minimum Gasteiger partial charge on any atom is -0.394 e. The molecule has 0 saturated carbocycles. The van der Waals surface area contributed by atoms with E-state index in [0.29, 0.717) is 26.4 Å². The number of hydrogen-bond acceptors (Lipinski definition) is 10. The molecule has 0 bridgehead atoms. The van der Waals surface area contributed by atoms with E-state index in [2.05, 4.69) is 0 Å². The van der Waals surface area contributed by atoms with Gasteiger partial charge in [-0.05, 0) is 0 Å². The Morgan fingerprint density at radius 2 is 0.773 bits per heavy atom. The zero-order valence-corrected chi connectivity index (χ0v) is 12.6. The van der Waals surface area contributed by atoms with E-state index in [4.69, 9.17) is 50.3 Å².